The predicted molar refractivity (Wildman–Crippen MR) is 75.1 cm³/mol. The highest BCUT2D eigenvalue weighted by molar-refractivity contribution is 5.81. The van der Waals surface area contributed by atoms with Crippen molar-refractivity contribution in [2.75, 3.05) is 20.3 Å². The number of furan rings is 1. The van der Waals surface area contributed by atoms with Crippen molar-refractivity contribution in [3.63, 3.8) is 0 Å². The first-order valence-corrected chi connectivity index (χ1v) is 6.44. The molecule has 2 rings (SSSR count). The SMILES string of the molecule is COCC(C)(O)CNC(C)c1coc2ccccc12. The van der Waals surface area contributed by atoms with Crippen LogP contribution in [0.2, 0.25) is 0 Å². The first-order chi connectivity index (χ1) is 9.03. The second-order valence-corrected chi connectivity index (χ2v) is 5.22. The molecule has 104 valence electrons. The molecule has 1 aromatic carbocycles. The number of para-hydroxylation sites is 1. The minimum atomic E-state index is -0.872. The minimum absolute atomic E-state index is 0.104. The van der Waals surface area contributed by atoms with Gasteiger partial charge in [-0.15, -0.1) is 0 Å². The number of nitrogens with one attached hydrogen (secondary N) is 1. The van der Waals surface area contributed by atoms with Crippen LogP contribution in [0.1, 0.15) is 25.5 Å². The molecule has 1 aromatic heterocycles. The van der Waals surface area contributed by atoms with Crippen LogP contribution in [0.5, 0.6) is 0 Å². The summed E-state index contributed by atoms with van der Waals surface area (Å²) in [7, 11) is 1.58. The summed E-state index contributed by atoms with van der Waals surface area (Å²) in [6.07, 6.45) is 1.77. The molecule has 0 aliphatic heterocycles. The van der Waals surface area contributed by atoms with Gasteiger partial charge in [-0.3, -0.25) is 0 Å². The van der Waals surface area contributed by atoms with Gasteiger partial charge in [0.15, 0.2) is 0 Å². The molecule has 2 atom stereocenters. The molecule has 1 heterocycles. The maximum Gasteiger partial charge on any atom is 0.134 e. The summed E-state index contributed by atoms with van der Waals surface area (Å²) in [5.74, 6) is 0. The van der Waals surface area contributed by atoms with Gasteiger partial charge < -0.3 is 19.6 Å². The zero-order chi connectivity index (χ0) is 13.9. The molecule has 0 saturated heterocycles. The van der Waals surface area contributed by atoms with Gasteiger partial charge in [0.25, 0.3) is 0 Å². The van der Waals surface area contributed by atoms with Crippen molar-refractivity contribution in [2.45, 2.75) is 25.5 Å². The number of ether oxygens (including phenoxy) is 1. The zero-order valence-electron chi connectivity index (χ0n) is 11.6. The van der Waals surface area contributed by atoms with Crippen LogP contribution in [-0.2, 0) is 4.74 Å². The first-order valence-electron chi connectivity index (χ1n) is 6.44. The number of benzene rings is 1. The molecule has 4 heteroatoms. The van der Waals surface area contributed by atoms with Crippen LogP contribution in [0.4, 0.5) is 0 Å². The van der Waals surface area contributed by atoms with E-state index < -0.39 is 5.60 Å². The second-order valence-electron chi connectivity index (χ2n) is 5.22. The van der Waals surface area contributed by atoms with E-state index in [1.165, 1.54) is 0 Å². The van der Waals surface area contributed by atoms with Gasteiger partial charge >= 0.3 is 0 Å². The Morgan fingerprint density at radius 3 is 2.89 bits per heavy atom. The van der Waals surface area contributed by atoms with E-state index in [-0.39, 0.29) is 6.04 Å². The lowest BCUT2D eigenvalue weighted by Gasteiger charge is -2.25. The van der Waals surface area contributed by atoms with Gasteiger partial charge in [-0.05, 0) is 19.9 Å². The van der Waals surface area contributed by atoms with Crippen LogP contribution >= 0.6 is 0 Å². The highest BCUT2D eigenvalue weighted by Gasteiger charge is 2.22. The van der Waals surface area contributed by atoms with Gasteiger partial charge in [0.1, 0.15) is 5.58 Å². The van der Waals surface area contributed by atoms with E-state index in [1.807, 2.05) is 24.3 Å². The van der Waals surface area contributed by atoms with E-state index in [0.29, 0.717) is 13.2 Å². The van der Waals surface area contributed by atoms with Crippen molar-refractivity contribution >= 4 is 11.0 Å². The topological polar surface area (TPSA) is 54.6 Å². The third-order valence-electron chi connectivity index (χ3n) is 3.22. The molecule has 2 N–H and O–H groups in total. The van der Waals surface area contributed by atoms with E-state index in [4.69, 9.17) is 9.15 Å². The number of aliphatic hydroxyl groups is 1. The summed E-state index contributed by atoms with van der Waals surface area (Å²) in [6.45, 7) is 4.57. The van der Waals surface area contributed by atoms with Gasteiger partial charge in [-0.1, -0.05) is 18.2 Å². The normalized spacial score (nSPS) is 16.4. The predicted octanol–water partition coefficient (Wildman–Crippen LogP) is 2.48. The molecule has 19 heavy (non-hydrogen) atoms. The fourth-order valence-corrected chi connectivity index (χ4v) is 2.18. The molecule has 0 aliphatic rings. The Morgan fingerprint density at radius 2 is 2.16 bits per heavy atom. The van der Waals surface area contributed by atoms with E-state index in [2.05, 4.69) is 12.2 Å². The van der Waals surface area contributed by atoms with Gasteiger partial charge in [0.05, 0.1) is 18.5 Å². The number of hydrogen-bond donors (Lipinski definition) is 2. The van der Waals surface area contributed by atoms with E-state index >= 15 is 0 Å². The molecule has 0 amide bonds. The smallest absolute Gasteiger partial charge is 0.134 e. The minimum Gasteiger partial charge on any atom is -0.464 e. The van der Waals surface area contributed by atoms with Crippen LogP contribution in [0, 0.1) is 0 Å². The molecule has 4 nitrogen and oxygen atoms in total. The number of rotatable bonds is 6. The molecule has 0 bridgehead atoms. The Kier molecular flexibility index (Phi) is 4.24. The first kappa shape index (κ1) is 14.1. The van der Waals surface area contributed by atoms with Crippen LogP contribution in [0.3, 0.4) is 0 Å². The summed E-state index contributed by atoms with van der Waals surface area (Å²) in [6, 6.07) is 8.05. The van der Waals surface area contributed by atoms with Crippen molar-refractivity contribution in [1.29, 1.82) is 0 Å². The Bertz CT molecular complexity index is 533. The lowest BCUT2D eigenvalue weighted by Crippen LogP contribution is -2.42. The third-order valence-corrected chi connectivity index (χ3v) is 3.22. The van der Waals surface area contributed by atoms with E-state index in [0.717, 1.165) is 16.5 Å². The quantitative estimate of drug-likeness (QED) is 0.840. The highest BCUT2D eigenvalue weighted by atomic mass is 16.5. The van der Waals surface area contributed by atoms with Crippen molar-refractivity contribution in [1.82, 2.24) is 5.32 Å². The van der Waals surface area contributed by atoms with Gasteiger partial charge in [0.2, 0.25) is 0 Å². The maximum atomic E-state index is 10.1. The molecule has 0 saturated carbocycles. The number of methoxy groups -OCH3 is 1. The largest absolute Gasteiger partial charge is 0.464 e. The van der Waals surface area contributed by atoms with Crippen molar-refractivity contribution in [2.24, 2.45) is 0 Å². The average molecular weight is 263 g/mol. The molecule has 0 fully saturated rings. The second kappa shape index (κ2) is 5.74. The average Bonchev–Trinajstić information content (AvgIpc) is 2.80. The number of hydrogen-bond acceptors (Lipinski definition) is 4. The number of fused-ring (bicyclic) bond motifs is 1. The van der Waals surface area contributed by atoms with Crippen LogP contribution in [0.25, 0.3) is 11.0 Å². The van der Waals surface area contributed by atoms with Crippen molar-refractivity contribution < 1.29 is 14.3 Å². The van der Waals surface area contributed by atoms with Crippen LogP contribution in [-0.4, -0.2) is 31.0 Å². The van der Waals surface area contributed by atoms with E-state index in [1.54, 1.807) is 20.3 Å². The van der Waals surface area contributed by atoms with Gasteiger partial charge in [-0.25, -0.2) is 0 Å². The Balaban J connectivity index is 2.06. The fourth-order valence-electron chi connectivity index (χ4n) is 2.18. The third kappa shape index (κ3) is 3.35. The van der Waals surface area contributed by atoms with Crippen molar-refractivity contribution in [3.8, 4) is 0 Å². The summed E-state index contributed by atoms with van der Waals surface area (Å²) >= 11 is 0. The molecule has 0 spiro atoms. The standard InChI is InChI=1S/C15H21NO3/c1-11(16-9-15(2,17)10-18-3)13-8-19-14-7-5-4-6-12(13)14/h4-8,11,16-17H,9-10H2,1-3H3. The lowest BCUT2D eigenvalue weighted by atomic mass is 10.0. The Morgan fingerprint density at radius 1 is 1.42 bits per heavy atom. The zero-order valence-corrected chi connectivity index (χ0v) is 11.6. The van der Waals surface area contributed by atoms with Crippen LogP contribution < -0.4 is 5.32 Å². The highest BCUT2D eigenvalue weighted by Crippen LogP contribution is 2.26. The molecular weight excluding hydrogens is 242 g/mol. The van der Waals surface area contributed by atoms with Crippen molar-refractivity contribution in [3.05, 3.63) is 36.1 Å². The summed E-state index contributed by atoms with van der Waals surface area (Å²) in [4.78, 5) is 0. The molecule has 0 aliphatic carbocycles. The Hall–Kier alpha value is -1.36. The van der Waals surface area contributed by atoms with Crippen LogP contribution in [0.15, 0.2) is 34.9 Å². The van der Waals surface area contributed by atoms with Gasteiger partial charge in [-0.2, -0.15) is 0 Å². The maximum absolute atomic E-state index is 10.1. The molecular formula is C15H21NO3. The Labute approximate surface area is 113 Å². The molecule has 2 aromatic rings. The van der Waals surface area contributed by atoms with E-state index in [9.17, 15) is 5.11 Å². The summed E-state index contributed by atoms with van der Waals surface area (Å²) in [5.41, 5.74) is 1.11. The molecule has 0 radical (unpaired) electrons. The lowest BCUT2D eigenvalue weighted by molar-refractivity contribution is -0.0168. The monoisotopic (exact) mass is 263 g/mol. The molecule has 2 unspecified atom stereocenters. The summed E-state index contributed by atoms with van der Waals surface area (Å²) in [5, 5.41) is 14.5. The fraction of sp³-hybridized carbons (Fsp3) is 0.467. The van der Waals surface area contributed by atoms with Gasteiger partial charge in [0, 0.05) is 30.6 Å². The summed E-state index contributed by atoms with van der Waals surface area (Å²) < 4.78 is 10.5.